The minimum atomic E-state index is -4.41. The second-order valence-electron chi connectivity index (χ2n) is 7.72. The van der Waals surface area contributed by atoms with Crippen molar-refractivity contribution in [1.29, 1.82) is 0 Å². The van der Waals surface area contributed by atoms with E-state index in [1.807, 2.05) is 75.2 Å². The lowest BCUT2D eigenvalue weighted by atomic mass is 9.99. The zero-order chi connectivity index (χ0) is 25.0. The molecule has 34 heavy (non-hydrogen) atoms. The number of nitrogens with zero attached hydrogens (tertiary/aromatic N) is 4. The number of hydrazone groups is 1. The first-order chi connectivity index (χ1) is 16.0. The fourth-order valence-corrected chi connectivity index (χ4v) is 3.55. The van der Waals surface area contributed by atoms with E-state index in [0.717, 1.165) is 40.7 Å². The van der Waals surface area contributed by atoms with Gasteiger partial charge in [-0.2, -0.15) is 0 Å². The fourth-order valence-electron chi connectivity index (χ4n) is 3.55. The number of hydrogen-bond acceptors (Lipinski definition) is 7. The van der Waals surface area contributed by atoms with E-state index in [0.29, 0.717) is 5.57 Å². The zero-order valence-electron chi connectivity index (χ0n) is 19.6. The summed E-state index contributed by atoms with van der Waals surface area (Å²) in [6, 6.07) is 18.1. The van der Waals surface area contributed by atoms with Crippen LogP contribution in [0.3, 0.4) is 0 Å². The van der Waals surface area contributed by atoms with Crippen molar-refractivity contribution in [2.24, 2.45) is 12.1 Å². The summed E-state index contributed by atoms with van der Waals surface area (Å²) in [6.07, 6.45) is 3.86. The molecule has 0 radical (unpaired) electrons. The lowest BCUT2D eigenvalue weighted by Crippen LogP contribution is -2.37. The smallest absolute Gasteiger partial charge is 0.368 e. The van der Waals surface area contributed by atoms with Gasteiger partial charge in [-0.3, -0.25) is 4.18 Å². The summed E-state index contributed by atoms with van der Waals surface area (Å²) in [5.41, 5.74) is 3.50. The normalized spacial score (nSPS) is 14.8. The van der Waals surface area contributed by atoms with Gasteiger partial charge in [0.2, 0.25) is 10.4 Å². The highest BCUT2D eigenvalue weighted by Crippen LogP contribution is 2.31. The minimum absolute atomic E-state index is 0.111. The van der Waals surface area contributed by atoms with E-state index in [2.05, 4.69) is 38.4 Å². The number of pyridine rings is 1. The lowest BCUT2D eigenvalue weighted by Gasteiger charge is -2.16. The van der Waals surface area contributed by atoms with Gasteiger partial charge in [-0.25, -0.2) is 17.8 Å². The van der Waals surface area contributed by atoms with Crippen molar-refractivity contribution in [2.45, 2.75) is 6.92 Å². The maximum Gasteiger partial charge on any atom is 0.368 e. The predicted molar refractivity (Wildman–Crippen MR) is 131 cm³/mol. The third-order valence-electron chi connectivity index (χ3n) is 5.23. The highest BCUT2D eigenvalue weighted by Gasteiger charge is 2.37. The van der Waals surface area contributed by atoms with Crippen LogP contribution >= 0.6 is 0 Å². The molecule has 0 atom stereocenters. The fraction of sp³-hybridized carbons (Fsp3) is 0.208. The summed E-state index contributed by atoms with van der Waals surface area (Å²) in [4.78, 5) is 15.2. The Balaban J connectivity index is 0.000000481. The number of benzene rings is 2. The summed E-state index contributed by atoms with van der Waals surface area (Å²) >= 11 is 0. The third-order valence-corrected chi connectivity index (χ3v) is 5.64. The molecular weight excluding hydrogens is 456 g/mol. The number of anilines is 2. The Labute approximate surface area is 199 Å². The van der Waals surface area contributed by atoms with Gasteiger partial charge in [-0.1, -0.05) is 46.5 Å². The second kappa shape index (κ2) is 10.1. The summed E-state index contributed by atoms with van der Waals surface area (Å²) in [6.45, 7) is 1.88. The Morgan fingerprint density at radius 1 is 1.06 bits per heavy atom. The van der Waals surface area contributed by atoms with Crippen LogP contribution in [0.25, 0.3) is 16.8 Å². The van der Waals surface area contributed by atoms with Crippen molar-refractivity contribution >= 4 is 50.4 Å². The molecule has 1 aliphatic rings. The van der Waals surface area contributed by atoms with Gasteiger partial charge in [0, 0.05) is 31.2 Å². The molecular formula is C24H26N4O5S. The van der Waals surface area contributed by atoms with Crippen LogP contribution in [-0.4, -0.2) is 45.8 Å². The molecule has 9 nitrogen and oxygen atoms in total. The average Bonchev–Trinajstić information content (AvgIpc) is 3.07. The van der Waals surface area contributed by atoms with Crippen LogP contribution in [0.15, 0.2) is 71.5 Å². The Bertz CT molecular complexity index is 1400. The quantitative estimate of drug-likeness (QED) is 0.245. The molecule has 0 saturated heterocycles. The van der Waals surface area contributed by atoms with Crippen LogP contribution in [0.4, 0.5) is 11.5 Å². The highest BCUT2D eigenvalue weighted by molar-refractivity contribution is 7.80. The maximum atomic E-state index is 13.1. The molecule has 0 N–H and O–H groups in total. The van der Waals surface area contributed by atoms with Crippen molar-refractivity contribution in [2.75, 3.05) is 31.1 Å². The molecule has 1 amide bonds. The first kappa shape index (κ1) is 25.0. The van der Waals surface area contributed by atoms with Gasteiger partial charge in [-0.15, -0.1) is 0 Å². The SMILES string of the molecule is CC1=NN(c2cccc[n+]2C)C(=O)/C1=C/c1ccc(N(C)C)c2ccccc12.COS(=O)(=O)[O-]. The zero-order valence-corrected chi connectivity index (χ0v) is 20.4. The highest BCUT2D eigenvalue weighted by atomic mass is 32.3. The molecule has 178 valence electrons. The van der Waals surface area contributed by atoms with E-state index in [4.69, 9.17) is 0 Å². The number of fused-ring (bicyclic) bond motifs is 1. The summed E-state index contributed by atoms with van der Waals surface area (Å²) in [7, 11) is 2.37. The van der Waals surface area contributed by atoms with Crippen molar-refractivity contribution in [1.82, 2.24) is 0 Å². The second-order valence-corrected chi connectivity index (χ2v) is 8.87. The topological polar surface area (TPSA) is 106 Å². The number of carbonyl (C=O) groups is 1. The molecule has 3 aromatic rings. The van der Waals surface area contributed by atoms with Gasteiger partial charge < -0.3 is 9.45 Å². The monoisotopic (exact) mass is 482 g/mol. The first-order valence-electron chi connectivity index (χ1n) is 10.3. The van der Waals surface area contributed by atoms with Crippen LogP contribution in [0, 0.1) is 0 Å². The van der Waals surface area contributed by atoms with E-state index in [1.165, 1.54) is 5.01 Å². The van der Waals surface area contributed by atoms with E-state index in [9.17, 15) is 17.8 Å². The van der Waals surface area contributed by atoms with Crippen molar-refractivity contribution in [3.63, 3.8) is 0 Å². The van der Waals surface area contributed by atoms with Gasteiger partial charge in [0.25, 0.3) is 0 Å². The number of hydrogen-bond donors (Lipinski definition) is 0. The molecule has 2 heterocycles. The van der Waals surface area contributed by atoms with Crippen LogP contribution in [0.5, 0.6) is 0 Å². The van der Waals surface area contributed by atoms with Crippen molar-refractivity contribution in [3.05, 3.63) is 71.9 Å². The molecule has 0 saturated carbocycles. The molecule has 0 aliphatic carbocycles. The first-order valence-corrected chi connectivity index (χ1v) is 11.6. The van der Waals surface area contributed by atoms with Crippen LogP contribution in [-0.2, 0) is 26.4 Å². The molecule has 1 aromatic heterocycles. The number of carbonyl (C=O) groups excluding carboxylic acids is 1. The predicted octanol–water partition coefficient (Wildman–Crippen LogP) is 2.63. The van der Waals surface area contributed by atoms with Gasteiger partial charge in [0.1, 0.15) is 0 Å². The molecule has 10 heteroatoms. The molecule has 0 fully saturated rings. The van der Waals surface area contributed by atoms with E-state index in [-0.39, 0.29) is 5.91 Å². The molecule has 0 spiro atoms. The Hall–Kier alpha value is -3.60. The summed E-state index contributed by atoms with van der Waals surface area (Å²) in [5.74, 6) is 0.628. The van der Waals surface area contributed by atoms with Crippen LogP contribution in [0.2, 0.25) is 0 Å². The standard InChI is InChI=1S/C23H23N4O.CH4O4S/c1-16-20(23(28)27(24-16)22-11-7-8-14-26(22)4)15-17-12-13-21(25(2)3)19-10-6-5-9-18(17)19;1-5-6(2,3)4/h5-15H,1-4H3;1H3,(H,2,3,4)/q+1;/p-1/b20-15+;. The van der Waals surface area contributed by atoms with Gasteiger partial charge in [0.15, 0.2) is 0 Å². The largest absolute Gasteiger partial charge is 0.726 e. The summed E-state index contributed by atoms with van der Waals surface area (Å²) in [5, 5.41) is 8.25. The number of aryl methyl sites for hydroxylation is 1. The molecule has 0 bridgehead atoms. The Morgan fingerprint density at radius 2 is 1.68 bits per heavy atom. The number of amides is 1. The molecule has 0 unspecified atom stereocenters. The van der Waals surface area contributed by atoms with Crippen molar-refractivity contribution < 1.29 is 26.5 Å². The third kappa shape index (κ3) is 5.48. The maximum absolute atomic E-state index is 13.1. The average molecular weight is 483 g/mol. The number of rotatable bonds is 4. The van der Waals surface area contributed by atoms with Crippen LogP contribution in [0.1, 0.15) is 12.5 Å². The van der Waals surface area contributed by atoms with E-state index in [1.54, 1.807) is 0 Å². The van der Waals surface area contributed by atoms with Crippen molar-refractivity contribution in [3.8, 4) is 0 Å². The Morgan fingerprint density at radius 3 is 2.26 bits per heavy atom. The summed E-state index contributed by atoms with van der Waals surface area (Å²) < 4.78 is 32.9. The number of aromatic nitrogens is 1. The van der Waals surface area contributed by atoms with Gasteiger partial charge in [0.05, 0.1) is 31.6 Å². The lowest BCUT2D eigenvalue weighted by molar-refractivity contribution is -0.658. The van der Waals surface area contributed by atoms with Gasteiger partial charge in [-0.05, 0) is 36.1 Å². The minimum Gasteiger partial charge on any atom is -0.726 e. The van der Waals surface area contributed by atoms with E-state index >= 15 is 0 Å². The molecule has 2 aromatic carbocycles. The molecule has 1 aliphatic heterocycles. The van der Waals surface area contributed by atoms with Crippen LogP contribution < -0.4 is 14.5 Å². The Kier molecular flexibility index (Phi) is 7.45. The molecule has 4 rings (SSSR count). The van der Waals surface area contributed by atoms with E-state index < -0.39 is 10.4 Å². The van der Waals surface area contributed by atoms with Gasteiger partial charge >= 0.3 is 11.7 Å².